The molecule has 1 aliphatic carbocycles. The summed E-state index contributed by atoms with van der Waals surface area (Å²) in [5.41, 5.74) is -0.627. The SMILES string of the molecule is CC(=O)OCC[C@H]1CC=C(C)C12CO[C@@]1(OC(=O)[C@@]3(C)O[C@@H]13)[C@@H]2O. The Morgan fingerprint density at radius 3 is 2.83 bits per heavy atom. The molecule has 1 N–H and O–H groups in total. The molecule has 24 heavy (non-hydrogen) atoms. The molecule has 7 nitrogen and oxygen atoms in total. The van der Waals surface area contributed by atoms with E-state index in [4.69, 9.17) is 18.9 Å². The van der Waals surface area contributed by atoms with Gasteiger partial charge in [0.05, 0.1) is 18.6 Å². The van der Waals surface area contributed by atoms with Gasteiger partial charge in [0.2, 0.25) is 0 Å². The normalized spacial score (nSPS) is 48.6. The molecule has 3 aliphatic heterocycles. The first kappa shape index (κ1) is 16.1. The van der Waals surface area contributed by atoms with Crippen LogP contribution in [0.3, 0.4) is 0 Å². The van der Waals surface area contributed by atoms with Crippen molar-refractivity contribution in [3.05, 3.63) is 11.6 Å². The lowest BCUT2D eigenvalue weighted by Gasteiger charge is -2.37. The second kappa shape index (κ2) is 4.80. The maximum atomic E-state index is 12.0. The van der Waals surface area contributed by atoms with E-state index < -0.39 is 35.0 Å². The lowest BCUT2D eigenvalue weighted by molar-refractivity contribution is -0.244. The van der Waals surface area contributed by atoms with Crippen LogP contribution in [-0.4, -0.2) is 53.9 Å². The van der Waals surface area contributed by atoms with Crippen LogP contribution in [0.2, 0.25) is 0 Å². The second-order valence-electron chi connectivity index (χ2n) is 7.40. The molecular weight excluding hydrogens is 316 g/mol. The number of fused-ring (bicyclic) bond motifs is 2. The predicted octanol–water partition coefficient (Wildman–Crippen LogP) is 0.694. The number of rotatable bonds is 3. The van der Waals surface area contributed by atoms with E-state index in [0.29, 0.717) is 13.0 Å². The lowest BCUT2D eigenvalue weighted by Crippen LogP contribution is -2.52. The highest BCUT2D eigenvalue weighted by atomic mass is 16.8. The summed E-state index contributed by atoms with van der Waals surface area (Å²) in [6, 6.07) is 0. The molecular formula is C17H22O7. The summed E-state index contributed by atoms with van der Waals surface area (Å²) in [5.74, 6) is -2.18. The average molecular weight is 338 g/mol. The molecule has 3 saturated heterocycles. The Morgan fingerprint density at radius 1 is 1.50 bits per heavy atom. The highest BCUT2D eigenvalue weighted by molar-refractivity contribution is 5.87. The van der Waals surface area contributed by atoms with Crippen LogP contribution in [-0.2, 0) is 28.5 Å². The largest absolute Gasteiger partial charge is 0.466 e. The van der Waals surface area contributed by atoms with Gasteiger partial charge in [-0.05, 0) is 32.6 Å². The van der Waals surface area contributed by atoms with Gasteiger partial charge in [0.25, 0.3) is 5.79 Å². The number of aliphatic hydroxyl groups excluding tert-OH is 1. The molecule has 0 bridgehead atoms. The van der Waals surface area contributed by atoms with Crippen molar-refractivity contribution >= 4 is 11.9 Å². The first-order valence-corrected chi connectivity index (χ1v) is 8.31. The van der Waals surface area contributed by atoms with Crippen molar-refractivity contribution in [1.82, 2.24) is 0 Å². The van der Waals surface area contributed by atoms with E-state index in [1.807, 2.05) is 6.92 Å². The van der Waals surface area contributed by atoms with Gasteiger partial charge in [-0.1, -0.05) is 11.6 Å². The Hall–Kier alpha value is -1.44. The van der Waals surface area contributed by atoms with E-state index in [2.05, 4.69) is 6.08 Å². The van der Waals surface area contributed by atoms with Crippen LogP contribution in [0.25, 0.3) is 0 Å². The lowest BCUT2D eigenvalue weighted by atomic mass is 9.68. The standard InChI is InChI=1S/C17H22O7/c1-9-4-5-11(6-7-21-10(2)18)16(9)8-22-17(12(16)19)13-15(3,23-13)14(20)24-17/h4,11-13,19H,5-8H2,1-3H3/t11-,12-,13-,15+,16?,17-/m1/s1. The molecule has 3 heterocycles. The summed E-state index contributed by atoms with van der Waals surface area (Å²) in [4.78, 5) is 23.0. The van der Waals surface area contributed by atoms with Crippen molar-refractivity contribution in [1.29, 1.82) is 0 Å². The third-order valence-corrected chi connectivity index (χ3v) is 6.18. The number of allylic oxidation sites excluding steroid dienone is 1. The van der Waals surface area contributed by atoms with Crippen molar-refractivity contribution in [2.24, 2.45) is 11.3 Å². The van der Waals surface area contributed by atoms with Gasteiger partial charge in [0.15, 0.2) is 11.7 Å². The zero-order valence-corrected chi connectivity index (χ0v) is 14.0. The monoisotopic (exact) mass is 338 g/mol. The number of epoxide rings is 1. The zero-order valence-electron chi connectivity index (χ0n) is 14.0. The molecule has 4 aliphatic rings. The van der Waals surface area contributed by atoms with Crippen LogP contribution in [0.5, 0.6) is 0 Å². The van der Waals surface area contributed by atoms with Gasteiger partial charge >= 0.3 is 11.9 Å². The number of hydrogen-bond acceptors (Lipinski definition) is 7. The van der Waals surface area contributed by atoms with Gasteiger partial charge in [-0.25, -0.2) is 4.79 Å². The van der Waals surface area contributed by atoms with Crippen molar-refractivity contribution in [3.63, 3.8) is 0 Å². The van der Waals surface area contributed by atoms with Crippen LogP contribution < -0.4 is 0 Å². The molecule has 0 aromatic heterocycles. The number of hydrogen-bond donors (Lipinski definition) is 1. The molecule has 0 aromatic carbocycles. The molecule has 0 amide bonds. The minimum absolute atomic E-state index is 0.0514. The summed E-state index contributed by atoms with van der Waals surface area (Å²) < 4.78 is 21.9. The van der Waals surface area contributed by atoms with Crippen molar-refractivity contribution in [2.75, 3.05) is 13.2 Å². The fourth-order valence-electron chi connectivity index (χ4n) is 4.62. The summed E-state index contributed by atoms with van der Waals surface area (Å²) in [5, 5.41) is 11.2. The second-order valence-corrected chi connectivity index (χ2v) is 7.40. The van der Waals surface area contributed by atoms with Gasteiger partial charge in [-0.2, -0.15) is 0 Å². The van der Waals surface area contributed by atoms with Crippen LogP contribution in [0.1, 0.15) is 33.6 Å². The minimum Gasteiger partial charge on any atom is -0.466 e. The first-order valence-electron chi connectivity index (χ1n) is 8.31. The fraction of sp³-hybridized carbons (Fsp3) is 0.765. The molecule has 0 aromatic rings. The van der Waals surface area contributed by atoms with Crippen LogP contribution in [0, 0.1) is 11.3 Å². The Bertz CT molecular complexity index is 643. The van der Waals surface area contributed by atoms with E-state index in [9.17, 15) is 14.7 Å². The topological polar surface area (TPSA) is 94.6 Å². The van der Waals surface area contributed by atoms with E-state index >= 15 is 0 Å². The molecule has 2 spiro atoms. The zero-order chi connectivity index (χ0) is 17.3. The van der Waals surface area contributed by atoms with E-state index in [0.717, 1.165) is 12.0 Å². The van der Waals surface area contributed by atoms with E-state index in [1.54, 1.807) is 6.92 Å². The summed E-state index contributed by atoms with van der Waals surface area (Å²) >= 11 is 0. The van der Waals surface area contributed by atoms with Gasteiger partial charge < -0.3 is 24.1 Å². The van der Waals surface area contributed by atoms with Crippen LogP contribution in [0.15, 0.2) is 11.6 Å². The van der Waals surface area contributed by atoms with E-state index in [1.165, 1.54) is 6.92 Å². The molecule has 1 unspecified atom stereocenters. The molecule has 4 rings (SSSR count). The summed E-state index contributed by atoms with van der Waals surface area (Å²) in [6.07, 6.45) is 1.87. The van der Waals surface area contributed by atoms with Crippen molar-refractivity contribution in [2.45, 2.75) is 57.2 Å². The maximum Gasteiger partial charge on any atom is 0.343 e. The third-order valence-electron chi connectivity index (χ3n) is 6.18. The van der Waals surface area contributed by atoms with Gasteiger partial charge in [-0.3, -0.25) is 4.79 Å². The smallest absolute Gasteiger partial charge is 0.343 e. The Morgan fingerprint density at radius 2 is 2.25 bits per heavy atom. The van der Waals surface area contributed by atoms with E-state index in [-0.39, 0.29) is 18.5 Å². The van der Waals surface area contributed by atoms with Gasteiger partial charge in [0.1, 0.15) is 6.10 Å². The quantitative estimate of drug-likeness (QED) is 0.460. The summed E-state index contributed by atoms with van der Waals surface area (Å²) in [7, 11) is 0. The van der Waals surface area contributed by atoms with Crippen LogP contribution in [0.4, 0.5) is 0 Å². The van der Waals surface area contributed by atoms with Crippen molar-refractivity contribution < 1.29 is 33.6 Å². The Labute approximate surface area is 139 Å². The van der Waals surface area contributed by atoms with Gasteiger partial charge in [-0.15, -0.1) is 0 Å². The Balaban J connectivity index is 1.59. The van der Waals surface area contributed by atoms with Gasteiger partial charge in [0, 0.05) is 6.92 Å². The minimum atomic E-state index is -1.43. The number of carbonyl (C=O) groups is 2. The van der Waals surface area contributed by atoms with Crippen LogP contribution >= 0.6 is 0 Å². The summed E-state index contributed by atoms with van der Waals surface area (Å²) in [6.45, 7) is 5.54. The fourth-order valence-corrected chi connectivity index (χ4v) is 4.62. The molecule has 132 valence electrons. The molecule has 3 fully saturated rings. The molecule has 0 saturated carbocycles. The molecule has 6 atom stereocenters. The third kappa shape index (κ3) is 1.78. The highest BCUT2D eigenvalue weighted by Crippen LogP contribution is 2.63. The number of esters is 2. The highest BCUT2D eigenvalue weighted by Gasteiger charge is 2.84. The number of carbonyl (C=O) groups excluding carboxylic acids is 2. The number of ether oxygens (including phenoxy) is 4. The average Bonchev–Trinajstić information content (AvgIpc) is 2.93. The maximum absolute atomic E-state index is 12.0. The predicted molar refractivity (Wildman–Crippen MR) is 79.6 cm³/mol. The number of aliphatic hydroxyl groups is 1. The Kier molecular flexibility index (Phi) is 3.21. The molecule has 0 radical (unpaired) electrons. The van der Waals surface area contributed by atoms with Crippen molar-refractivity contribution in [3.8, 4) is 0 Å². The molecule has 7 heteroatoms. The first-order chi connectivity index (χ1) is 11.3.